The van der Waals surface area contributed by atoms with Gasteiger partial charge in [-0.3, -0.25) is 4.79 Å². The van der Waals surface area contributed by atoms with Gasteiger partial charge in [-0.25, -0.2) is 0 Å². The molecule has 0 saturated carbocycles. The molecule has 0 heterocycles. The minimum absolute atomic E-state index is 0.00338. The maximum atomic E-state index is 12.3. The van der Waals surface area contributed by atoms with Crippen LogP contribution in [0.5, 0.6) is 0 Å². The molecule has 0 aliphatic heterocycles. The highest BCUT2D eigenvalue weighted by molar-refractivity contribution is 5.76. The van der Waals surface area contributed by atoms with Crippen molar-refractivity contribution in [2.45, 2.75) is 225 Å². The summed E-state index contributed by atoms with van der Waals surface area (Å²) in [5, 5.41) is 33.0. The zero-order valence-electron chi connectivity index (χ0n) is 31.9. The molecule has 0 aromatic carbocycles. The Labute approximate surface area is 298 Å². The number of aliphatic hydroxyl groups is 3. The Morgan fingerprint density at radius 3 is 1.33 bits per heavy atom. The van der Waals surface area contributed by atoms with E-state index in [0.717, 1.165) is 38.5 Å². The van der Waals surface area contributed by atoms with Crippen molar-refractivity contribution in [3.8, 4) is 0 Å². The molecule has 0 aliphatic rings. The second kappa shape index (κ2) is 38.4. The highest BCUT2D eigenvalue weighted by Crippen LogP contribution is 2.15. The van der Waals surface area contributed by atoms with Crippen LogP contribution in [0.2, 0.25) is 0 Å². The molecule has 0 aromatic rings. The number of hydrogen-bond acceptors (Lipinski definition) is 4. The van der Waals surface area contributed by atoms with Gasteiger partial charge >= 0.3 is 0 Å². The van der Waals surface area contributed by atoms with Crippen LogP contribution in [0.3, 0.4) is 0 Å². The predicted octanol–water partition coefficient (Wildman–Crippen LogP) is 11.6. The predicted molar refractivity (Wildman–Crippen MR) is 208 cm³/mol. The molecule has 3 unspecified atom stereocenters. The van der Waals surface area contributed by atoms with Crippen LogP contribution in [0.4, 0.5) is 0 Å². The summed E-state index contributed by atoms with van der Waals surface area (Å²) in [6.07, 6.45) is 47.3. The topological polar surface area (TPSA) is 89.8 Å². The molecule has 0 aromatic heterocycles. The first-order valence-corrected chi connectivity index (χ1v) is 20.8. The summed E-state index contributed by atoms with van der Waals surface area (Å²) in [7, 11) is 0. The molecular formula is C43H81NO4. The summed E-state index contributed by atoms with van der Waals surface area (Å²) in [5.74, 6) is -0.332. The van der Waals surface area contributed by atoms with Gasteiger partial charge in [-0.15, -0.1) is 0 Å². The second-order valence-electron chi connectivity index (χ2n) is 14.2. The van der Waals surface area contributed by atoms with Crippen molar-refractivity contribution >= 4 is 5.91 Å². The number of hydrogen-bond donors (Lipinski definition) is 4. The van der Waals surface area contributed by atoms with Crippen LogP contribution < -0.4 is 5.32 Å². The van der Waals surface area contributed by atoms with Crippen LogP contribution in [-0.2, 0) is 4.79 Å². The summed E-state index contributed by atoms with van der Waals surface area (Å²) < 4.78 is 0. The zero-order chi connectivity index (χ0) is 35.2. The number of carbonyl (C=O) groups is 1. The highest BCUT2D eigenvalue weighted by Gasteiger charge is 2.20. The van der Waals surface area contributed by atoms with Crippen molar-refractivity contribution in [3.05, 3.63) is 36.5 Å². The lowest BCUT2D eigenvalue weighted by molar-refractivity contribution is -0.124. The van der Waals surface area contributed by atoms with Crippen LogP contribution >= 0.6 is 0 Å². The summed E-state index contributed by atoms with van der Waals surface area (Å²) in [4.78, 5) is 12.3. The van der Waals surface area contributed by atoms with E-state index in [2.05, 4.69) is 43.5 Å². The minimum Gasteiger partial charge on any atom is -0.394 e. The van der Waals surface area contributed by atoms with E-state index in [-0.39, 0.29) is 18.9 Å². The monoisotopic (exact) mass is 676 g/mol. The molecule has 3 atom stereocenters. The van der Waals surface area contributed by atoms with Gasteiger partial charge in [-0.05, 0) is 44.9 Å². The molecule has 1 amide bonds. The average molecular weight is 676 g/mol. The first-order valence-electron chi connectivity index (χ1n) is 20.8. The summed E-state index contributed by atoms with van der Waals surface area (Å²) >= 11 is 0. The lowest BCUT2D eigenvalue weighted by atomic mass is 10.0. The summed E-state index contributed by atoms with van der Waals surface area (Å²) in [5.41, 5.74) is 0. The van der Waals surface area contributed by atoms with Crippen molar-refractivity contribution in [2.24, 2.45) is 0 Å². The normalized spacial score (nSPS) is 14.0. The van der Waals surface area contributed by atoms with Gasteiger partial charge in [-0.1, -0.05) is 192 Å². The molecule has 4 N–H and O–H groups in total. The number of allylic oxidation sites excluding steroid dienone is 5. The van der Waals surface area contributed by atoms with E-state index in [1.807, 2.05) is 6.08 Å². The van der Waals surface area contributed by atoms with Crippen LogP contribution in [0, 0.1) is 0 Å². The van der Waals surface area contributed by atoms with E-state index in [0.29, 0.717) is 6.42 Å². The Morgan fingerprint density at radius 2 is 0.896 bits per heavy atom. The Balaban J connectivity index is 3.72. The van der Waals surface area contributed by atoms with E-state index in [1.54, 1.807) is 6.08 Å². The Bertz CT molecular complexity index is 749. The number of aliphatic hydroxyl groups excluding tert-OH is 3. The molecule has 0 fully saturated rings. The quantitative estimate of drug-likeness (QED) is 0.0390. The Hall–Kier alpha value is -1.43. The smallest absolute Gasteiger partial charge is 0.222 e. The lowest BCUT2D eigenvalue weighted by Gasteiger charge is -2.21. The molecule has 48 heavy (non-hydrogen) atoms. The van der Waals surface area contributed by atoms with Crippen LogP contribution in [-0.4, -0.2) is 46.1 Å². The number of amides is 1. The number of nitrogens with one attached hydrogen (secondary N) is 1. The second-order valence-corrected chi connectivity index (χ2v) is 14.2. The van der Waals surface area contributed by atoms with Crippen molar-refractivity contribution in [3.63, 3.8) is 0 Å². The van der Waals surface area contributed by atoms with E-state index in [9.17, 15) is 20.1 Å². The Kier molecular flexibility index (Phi) is 37.2. The van der Waals surface area contributed by atoms with Gasteiger partial charge in [0.2, 0.25) is 5.91 Å². The fourth-order valence-electron chi connectivity index (χ4n) is 6.19. The average Bonchev–Trinajstić information content (AvgIpc) is 3.08. The van der Waals surface area contributed by atoms with E-state index >= 15 is 0 Å². The number of unbranched alkanes of at least 4 members (excludes halogenated alkanes) is 24. The third kappa shape index (κ3) is 34.4. The fourth-order valence-corrected chi connectivity index (χ4v) is 6.19. The molecule has 0 saturated heterocycles. The highest BCUT2D eigenvalue weighted by atomic mass is 16.3. The van der Waals surface area contributed by atoms with E-state index in [4.69, 9.17) is 0 Å². The lowest BCUT2D eigenvalue weighted by Crippen LogP contribution is -2.45. The van der Waals surface area contributed by atoms with Gasteiger partial charge in [0.05, 0.1) is 31.3 Å². The number of rotatable bonds is 37. The maximum absolute atomic E-state index is 12.3. The Morgan fingerprint density at radius 1 is 0.521 bits per heavy atom. The third-order valence-corrected chi connectivity index (χ3v) is 9.41. The van der Waals surface area contributed by atoms with Gasteiger partial charge in [0.1, 0.15) is 0 Å². The largest absolute Gasteiger partial charge is 0.394 e. The van der Waals surface area contributed by atoms with Crippen molar-refractivity contribution < 1.29 is 20.1 Å². The van der Waals surface area contributed by atoms with Gasteiger partial charge in [0.15, 0.2) is 0 Å². The molecule has 5 nitrogen and oxygen atoms in total. The molecule has 0 radical (unpaired) electrons. The van der Waals surface area contributed by atoms with Gasteiger partial charge in [0, 0.05) is 0 Å². The molecule has 5 heteroatoms. The zero-order valence-corrected chi connectivity index (χ0v) is 31.9. The molecular weight excluding hydrogens is 594 g/mol. The van der Waals surface area contributed by atoms with Crippen LogP contribution in [0.25, 0.3) is 0 Å². The first kappa shape index (κ1) is 46.6. The molecule has 0 rings (SSSR count). The summed E-state index contributed by atoms with van der Waals surface area (Å²) in [6.45, 7) is 4.17. The standard InChI is InChI=1S/C43H81NO4/c1-3-5-7-9-11-13-14-15-16-17-18-19-20-21-22-23-24-25-26-27-29-31-33-35-37-42(47)41(39-45)44-43(48)38-40(46)36-34-32-30-28-12-10-8-6-4-2/h23-24,27,29,35,37,40-42,45-47H,3-22,25-26,28,30-34,36,38-39H2,1-2H3,(H,44,48)/b24-23+,29-27+,37-35+. The number of carbonyl (C=O) groups excluding carboxylic acids is 1. The van der Waals surface area contributed by atoms with Gasteiger partial charge in [0.25, 0.3) is 0 Å². The van der Waals surface area contributed by atoms with Gasteiger partial charge < -0.3 is 20.6 Å². The SMILES string of the molecule is CCCCCCCCCCCCCCCC/C=C/CC/C=C/CC/C=C/C(O)C(CO)NC(=O)CC(O)CCCCCCCCCCC. The molecule has 0 spiro atoms. The molecule has 0 aliphatic carbocycles. The van der Waals surface area contributed by atoms with Crippen molar-refractivity contribution in [1.29, 1.82) is 0 Å². The molecule has 0 bridgehead atoms. The molecule has 282 valence electrons. The van der Waals surface area contributed by atoms with Crippen molar-refractivity contribution in [1.82, 2.24) is 5.32 Å². The minimum atomic E-state index is -0.956. The summed E-state index contributed by atoms with van der Waals surface area (Å²) in [6, 6.07) is -0.763. The first-order chi connectivity index (χ1) is 23.5. The third-order valence-electron chi connectivity index (χ3n) is 9.41. The van der Waals surface area contributed by atoms with Crippen LogP contribution in [0.15, 0.2) is 36.5 Å². The van der Waals surface area contributed by atoms with Crippen LogP contribution in [0.1, 0.15) is 206 Å². The maximum Gasteiger partial charge on any atom is 0.222 e. The van der Waals surface area contributed by atoms with E-state index < -0.39 is 18.2 Å². The van der Waals surface area contributed by atoms with Crippen molar-refractivity contribution in [2.75, 3.05) is 6.61 Å². The fraction of sp³-hybridized carbons (Fsp3) is 0.837. The van der Waals surface area contributed by atoms with Gasteiger partial charge in [-0.2, -0.15) is 0 Å². The van der Waals surface area contributed by atoms with E-state index in [1.165, 1.54) is 141 Å².